The highest BCUT2D eigenvalue weighted by Crippen LogP contribution is 2.30. The predicted molar refractivity (Wildman–Crippen MR) is 78.4 cm³/mol. The molecule has 0 saturated heterocycles. The van der Waals surface area contributed by atoms with Crippen LogP contribution in [0.4, 0.5) is 8.78 Å². The van der Waals surface area contributed by atoms with Gasteiger partial charge in [0, 0.05) is 37.7 Å². The van der Waals surface area contributed by atoms with Gasteiger partial charge in [-0.05, 0) is 12.1 Å². The van der Waals surface area contributed by atoms with E-state index in [2.05, 4.69) is 5.32 Å². The molecule has 0 unspecified atom stereocenters. The quantitative estimate of drug-likeness (QED) is 0.757. The van der Waals surface area contributed by atoms with E-state index >= 15 is 0 Å². The molecule has 0 saturated carbocycles. The van der Waals surface area contributed by atoms with E-state index in [1.807, 2.05) is 6.07 Å². The van der Waals surface area contributed by atoms with Crippen LogP contribution in [0.25, 0.3) is 0 Å². The number of benzene rings is 1. The topological polar surface area (TPSA) is 26.2 Å². The molecule has 1 aromatic carbocycles. The Morgan fingerprint density at radius 2 is 1.90 bits per heavy atom. The molecule has 0 aliphatic heterocycles. The first-order chi connectivity index (χ1) is 10.1. The Hall–Kier alpha value is -1.72. The first-order valence-corrected chi connectivity index (χ1v) is 6.90. The molecule has 2 aromatic rings. The molecule has 0 fully saturated rings. The number of halogens is 2. The predicted octanol–water partition coefficient (Wildman–Crippen LogP) is 3.02. The van der Waals surface area contributed by atoms with Crippen molar-refractivity contribution in [1.82, 2.24) is 9.88 Å². The minimum absolute atomic E-state index is 0.0389. The normalized spacial score (nSPS) is 11.8. The van der Waals surface area contributed by atoms with Gasteiger partial charge in [0.05, 0.1) is 13.2 Å². The average Bonchev–Trinajstić information content (AvgIpc) is 2.91. The molecule has 114 valence electrons. The first-order valence-electron chi connectivity index (χ1n) is 6.90. The van der Waals surface area contributed by atoms with Crippen molar-refractivity contribution in [2.24, 2.45) is 0 Å². The van der Waals surface area contributed by atoms with E-state index in [0.717, 1.165) is 5.69 Å². The van der Waals surface area contributed by atoms with Crippen LogP contribution in [0.2, 0.25) is 0 Å². The van der Waals surface area contributed by atoms with Gasteiger partial charge in [-0.1, -0.05) is 30.3 Å². The summed E-state index contributed by atoms with van der Waals surface area (Å²) in [7, 11) is 1.63. The van der Waals surface area contributed by atoms with E-state index in [0.29, 0.717) is 19.7 Å². The van der Waals surface area contributed by atoms with Crippen molar-refractivity contribution < 1.29 is 13.5 Å². The number of nitrogens with zero attached hydrogens (tertiary/aromatic N) is 1. The van der Waals surface area contributed by atoms with Crippen molar-refractivity contribution in [2.75, 3.05) is 20.3 Å². The molecular weight excluding hydrogens is 274 g/mol. The molecule has 0 bridgehead atoms. The maximum atomic E-state index is 14.3. The summed E-state index contributed by atoms with van der Waals surface area (Å²) in [6, 6.07) is 11.5. The first kappa shape index (κ1) is 15.7. The smallest absolute Gasteiger partial charge is 0.290 e. The molecule has 0 radical (unpaired) electrons. The Labute approximate surface area is 123 Å². The minimum Gasteiger partial charge on any atom is -0.383 e. The van der Waals surface area contributed by atoms with Crippen molar-refractivity contribution >= 4 is 0 Å². The fraction of sp³-hybridized carbons (Fsp3) is 0.375. The maximum absolute atomic E-state index is 14.3. The molecule has 5 heteroatoms. The zero-order valence-electron chi connectivity index (χ0n) is 12.1. The van der Waals surface area contributed by atoms with Gasteiger partial charge in [0.15, 0.2) is 0 Å². The third-order valence-corrected chi connectivity index (χ3v) is 3.28. The fourth-order valence-corrected chi connectivity index (χ4v) is 2.14. The fourth-order valence-electron chi connectivity index (χ4n) is 2.14. The van der Waals surface area contributed by atoms with Gasteiger partial charge in [-0.15, -0.1) is 0 Å². The molecule has 0 amide bonds. The SMILES string of the molecule is COCCNCc1cccn1CC(F)(F)c1ccccc1. The van der Waals surface area contributed by atoms with E-state index < -0.39 is 5.92 Å². The van der Waals surface area contributed by atoms with Gasteiger partial charge in [0.25, 0.3) is 5.92 Å². The lowest BCUT2D eigenvalue weighted by molar-refractivity contribution is -0.0228. The lowest BCUT2D eigenvalue weighted by Gasteiger charge is -2.19. The summed E-state index contributed by atoms with van der Waals surface area (Å²) in [5.41, 5.74) is 0.874. The van der Waals surface area contributed by atoms with Crippen molar-refractivity contribution in [1.29, 1.82) is 0 Å². The second-order valence-electron chi connectivity index (χ2n) is 4.87. The number of nitrogens with one attached hydrogen (secondary N) is 1. The van der Waals surface area contributed by atoms with E-state index in [1.54, 1.807) is 42.1 Å². The Bertz CT molecular complexity index is 540. The van der Waals surface area contributed by atoms with Gasteiger partial charge < -0.3 is 14.6 Å². The molecule has 1 heterocycles. The minimum atomic E-state index is -2.89. The van der Waals surface area contributed by atoms with Gasteiger partial charge in [-0.2, -0.15) is 8.78 Å². The zero-order chi connectivity index (χ0) is 15.1. The summed E-state index contributed by atoms with van der Waals surface area (Å²) in [4.78, 5) is 0. The van der Waals surface area contributed by atoms with Crippen molar-refractivity contribution in [3.8, 4) is 0 Å². The van der Waals surface area contributed by atoms with Crippen LogP contribution in [0.3, 0.4) is 0 Å². The summed E-state index contributed by atoms with van der Waals surface area (Å²) < 4.78 is 35.1. The van der Waals surface area contributed by atoms with E-state index in [1.165, 1.54) is 12.1 Å². The van der Waals surface area contributed by atoms with Crippen LogP contribution in [0, 0.1) is 0 Å². The van der Waals surface area contributed by atoms with Gasteiger partial charge in [-0.25, -0.2) is 0 Å². The van der Waals surface area contributed by atoms with E-state index in [9.17, 15) is 8.78 Å². The zero-order valence-corrected chi connectivity index (χ0v) is 12.1. The van der Waals surface area contributed by atoms with Crippen LogP contribution in [-0.4, -0.2) is 24.8 Å². The van der Waals surface area contributed by atoms with Crippen LogP contribution >= 0.6 is 0 Å². The summed E-state index contributed by atoms with van der Waals surface area (Å²) in [6.45, 7) is 1.48. The summed E-state index contributed by atoms with van der Waals surface area (Å²) in [6.07, 6.45) is 1.68. The number of rotatable bonds is 8. The van der Waals surface area contributed by atoms with Crippen LogP contribution in [0.15, 0.2) is 48.7 Å². The number of hydrogen-bond donors (Lipinski definition) is 1. The molecule has 0 aliphatic carbocycles. The molecule has 0 spiro atoms. The molecular formula is C16H20F2N2O. The average molecular weight is 294 g/mol. The second kappa shape index (κ2) is 7.33. The molecule has 21 heavy (non-hydrogen) atoms. The van der Waals surface area contributed by atoms with Crippen LogP contribution in [0.1, 0.15) is 11.3 Å². The van der Waals surface area contributed by atoms with Crippen molar-refractivity contribution in [2.45, 2.75) is 19.0 Å². The Balaban J connectivity index is 2.01. The molecule has 0 aliphatic rings. The third kappa shape index (κ3) is 4.37. The summed E-state index contributed by atoms with van der Waals surface area (Å²) in [5, 5.41) is 3.16. The lowest BCUT2D eigenvalue weighted by atomic mass is 10.1. The number of hydrogen-bond acceptors (Lipinski definition) is 2. The third-order valence-electron chi connectivity index (χ3n) is 3.28. The lowest BCUT2D eigenvalue weighted by Crippen LogP contribution is -2.25. The highest BCUT2D eigenvalue weighted by Gasteiger charge is 2.32. The number of aromatic nitrogens is 1. The molecule has 2 rings (SSSR count). The highest BCUT2D eigenvalue weighted by molar-refractivity contribution is 5.20. The van der Waals surface area contributed by atoms with Gasteiger partial charge in [0.2, 0.25) is 0 Å². The maximum Gasteiger partial charge on any atom is 0.290 e. The van der Waals surface area contributed by atoms with E-state index in [-0.39, 0.29) is 12.1 Å². The largest absolute Gasteiger partial charge is 0.383 e. The van der Waals surface area contributed by atoms with Crippen LogP contribution in [0.5, 0.6) is 0 Å². The van der Waals surface area contributed by atoms with Gasteiger partial charge in [0.1, 0.15) is 0 Å². The van der Waals surface area contributed by atoms with Crippen LogP contribution < -0.4 is 5.32 Å². The monoisotopic (exact) mass is 294 g/mol. The van der Waals surface area contributed by atoms with Gasteiger partial charge in [-0.3, -0.25) is 0 Å². The number of ether oxygens (including phenoxy) is 1. The standard InChI is InChI=1S/C16H20F2N2O/c1-21-11-9-19-12-15-8-5-10-20(15)13-16(17,18)14-6-3-2-4-7-14/h2-8,10,19H,9,11-13H2,1H3. The van der Waals surface area contributed by atoms with Gasteiger partial charge >= 0.3 is 0 Å². The number of alkyl halides is 2. The summed E-state index contributed by atoms with van der Waals surface area (Å²) in [5.74, 6) is -2.89. The summed E-state index contributed by atoms with van der Waals surface area (Å²) >= 11 is 0. The number of methoxy groups -OCH3 is 1. The Morgan fingerprint density at radius 1 is 1.14 bits per heavy atom. The Morgan fingerprint density at radius 3 is 2.62 bits per heavy atom. The van der Waals surface area contributed by atoms with Crippen molar-refractivity contribution in [3.05, 3.63) is 59.9 Å². The van der Waals surface area contributed by atoms with E-state index in [4.69, 9.17) is 4.74 Å². The molecule has 1 aromatic heterocycles. The highest BCUT2D eigenvalue weighted by atomic mass is 19.3. The van der Waals surface area contributed by atoms with Crippen LogP contribution in [-0.2, 0) is 23.7 Å². The Kier molecular flexibility index (Phi) is 5.47. The molecule has 1 N–H and O–H groups in total. The molecule has 3 nitrogen and oxygen atoms in total. The second-order valence-corrected chi connectivity index (χ2v) is 4.87. The molecule has 0 atom stereocenters. The van der Waals surface area contributed by atoms with Crippen molar-refractivity contribution in [3.63, 3.8) is 0 Å².